The molecule has 0 bridgehead atoms. The molecule has 0 aromatic carbocycles. The Morgan fingerprint density at radius 3 is 2.64 bits per heavy atom. The second-order valence-corrected chi connectivity index (χ2v) is 12.9. The predicted molar refractivity (Wildman–Crippen MR) is 147 cm³/mol. The minimum absolute atomic E-state index is 0. The van der Waals surface area contributed by atoms with Gasteiger partial charge >= 0.3 is 5.97 Å². The van der Waals surface area contributed by atoms with Crippen LogP contribution in [0.1, 0.15) is 77.2 Å². The minimum Gasteiger partial charge on any atom is -0.481 e. The molecule has 4 nitrogen and oxygen atoms in total. The topological polar surface area (TPSA) is 53.4 Å². The van der Waals surface area contributed by atoms with Crippen LogP contribution in [0, 0.1) is 40.4 Å². The van der Waals surface area contributed by atoms with Gasteiger partial charge in [-0.1, -0.05) is 37.6 Å². The van der Waals surface area contributed by atoms with Crippen LogP contribution < -0.4 is 0 Å². The second kappa shape index (κ2) is 9.58. The third-order valence-corrected chi connectivity index (χ3v) is 11.5. The smallest absolute Gasteiger partial charge is 0.306 e. The fraction of sp³-hybridized carbons (Fsp3) is 0.677. The van der Waals surface area contributed by atoms with Crippen molar-refractivity contribution in [1.29, 1.82) is 0 Å². The van der Waals surface area contributed by atoms with Crippen LogP contribution in [-0.4, -0.2) is 40.6 Å². The molecule has 1 N–H and O–H groups in total. The number of hydrogen-bond acceptors (Lipinski definition) is 3. The van der Waals surface area contributed by atoms with Gasteiger partial charge in [-0.3, -0.25) is 9.78 Å². The highest BCUT2D eigenvalue weighted by Gasteiger charge is 2.57. The highest BCUT2D eigenvalue weighted by atomic mass is 35.5. The first kappa shape index (κ1) is 26.0. The van der Waals surface area contributed by atoms with Crippen molar-refractivity contribution in [3.05, 3.63) is 47.8 Å². The average Bonchev–Trinajstić information content (AvgIpc) is 3.21. The molecule has 4 aliphatic carbocycles. The van der Waals surface area contributed by atoms with Crippen molar-refractivity contribution in [2.75, 3.05) is 13.6 Å². The Morgan fingerprint density at radius 1 is 1.08 bits per heavy atom. The number of allylic oxidation sites excluding steroid dienone is 4. The molecule has 1 aromatic rings. The van der Waals surface area contributed by atoms with Crippen molar-refractivity contribution < 1.29 is 9.90 Å². The third-order valence-electron chi connectivity index (χ3n) is 11.5. The van der Waals surface area contributed by atoms with Crippen molar-refractivity contribution in [2.45, 2.75) is 77.7 Å². The number of carbonyl (C=O) groups is 1. The van der Waals surface area contributed by atoms with Gasteiger partial charge in [-0.05, 0) is 123 Å². The number of hydrogen-bond donors (Lipinski definition) is 1. The summed E-state index contributed by atoms with van der Waals surface area (Å²) in [5.41, 5.74) is 5.19. The maximum Gasteiger partial charge on any atom is 0.306 e. The monoisotopic (exact) mass is 510 g/mol. The van der Waals surface area contributed by atoms with E-state index in [1.807, 2.05) is 6.20 Å². The Hall–Kier alpha value is -1.65. The summed E-state index contributed by atoms with van der Waals surface area (Å²) in [7, 11) is 2.22. The van der Waals surface area contributed by atoms with Gasteiger partial charge in [-0.15, -0.1) is 12.4 Å². The number of carboxylic acid groups (broad SMARTS) is 1. The molecule has 0 spiro atoms. The number of likely N-dealkylation sites (tertiary alicyclic amines) is 1. The fourth-order valence-corrected chi connectivity index (χ4v) is 9.45. The molecule has 5 aliphatic rings. The van der Waals surface area contributed by atoms with Gasteiger partial charge in [-0.25, -0.2) is 0 Å². The van der Waals surface area contributed by atoms with Crippen LogP contribution in [0.25, 0.3) is 5.57 Å². The maximum atomic E-state index is 11.7. The molecular weight excluding hydrogens is 468 g/mol. The molecular formula is C31H43ClN2O2. The van der Waals surface area contributed by atoms with Crippen LogP contribution in [0.4, 0.5) is 0 Å². The van der Waals surface area contributed by atoms with Gasteiger partial charge in [0.05, 0.1) is 5.92 Å². The number of pyridine rings is 1. The first-order valence-electron chi connectivity index (χ1n) is 14.0. The van der Waals surface area contributed by atoms with E-state index in [1.54, 1.807) is 11.1 Å². The summed E-state index contributed by atoms with van der Waals surface area (Å²) in [5.74, 6) is 2.16. The zero-order valence-electron chi connectivity index (χ0n) is 22.2. The van der Waals surface area contributed by atoms with E-state index < -0.39 is 5.97 Å². The van der Waals surface area contributed by atoms with Crippen LogP contribution in [0.2, 0.25) is 0 Å². The quantitative estimate of drug-likeness (QED) is 0.451. The van der Waals surface area contributed by atoms with Crippen molar-refractivity contribution in [3.8, 4) is 0 Å². The SMILES string of the molecule is CN1CCC(C(=O)O)CC1[C@H]1CC[C@@]2(C)C(=CC[C@@H]3[C@@H]2CC[C@]2(C)C(c4cccnc4)=CC[C@@H]32)C1.Cl. The molecule has 2 unspecified atom stereocenters. The van der Waals surface area contributed by atoms with Crippen molar-refractivity contribution in [3.63, 3.8) is 0 Å². The van der Waals surface area contributed by atoms with E-state index in [1.165, 1.54) is 50.5 Å². The average molecular weight is 511 g/mol. The maximum absolute atomic E-state index is 11.7. The van der Waals surface area contributed by atoms with Crippen LogP contribution in [0.3, 0.4) is 0 Å². The highest BCUT2D eigenvalue weighted by Crippen LogP contribution is 2.66. The lowest BCUT2D eigenvalue weighted by Gasteiger charge is -2.58. The van der Waals surface area contributed by atoms with Crippen molar-refractivity contribution in [2.24, 2.45) is 40.4 Å². The first-order chi connectivity index (χ1) is 16.8. The van der Waals surface area contributed by atoms with E-state index in [0.29, 0.717) is 17.4 Å². The molecule has 1 aromatic heterocycles. The predicted octanol–water partition coefficient (Wildman–Crippen LogP) is 6.87. The van der Waals surface area contributed by atoms with Gasteiger partial charge in [0.1, 0.15) is 0 Å². The van der Waals surface area contributed by atoms with Crippen LogP contribution >= 0.6 is 12.4 Å². The molecule has 0 radical (unpaired) electrons. The van der Waals surface area contributed by atoms with Gasteiger partial charge in [0.15, 0.2) is 0 Å². The number of carboxylic acids is 1. The van der Waals surface area contributed by atoms with Gasteiger partial charge < -0.3 is 10.0 Å². The molecule has 2 heterocycles. The Kier molecular flexibility index (Phi) is 6.91. The van der Waals surface area contributed by atoms with Gasteiger partial charge in [0.25, 0.3) is 0 Å². The summed E-state index contributed by atoms with van der Waals surface area (Å²) >= 11 is 0. The van der Waals surface area contributed by atoms with E-state index in [4.69, 9.17) is 0 Å². The summed E-state index contributed by atoms with van der Waals surface area (Å²) in [6.07, 6.45) is 19.5. The summed E-state index contributed by atoms with van der Waals surface area (Å²) < 4.78 is 0. The molecule has 5 heteroatoms. The molecule has 6 rings (SSSR count). The zero-order valence-corrected chi connectivity index (χ0v) is 23.0. The summed E-state index contributed by atoms with van der Waals surface area (Å²) in [6, 6.07) is 4.75. The third kappa shape index (κ3) is 3.98. The van der Waals surface area contributed by atoms with Crippen molar-refractivity contribution in [1.82, 2.24) is 9.88 Å². The number of fused-ring (bicyclic) bond motifs is 5. The normalized spacial score (nSPS) is 42.2. The minimum atomic E-state index is -0.593. The van der Waals surface area contributed by atoms with E-state index in [2.05, 4.69) is 61.3 Å². The Balaban J connectivity index is 0.00000267. The zero-order chi connectivity index (χ0) is 24.4. The second-order valence-electron chi connectivity index (χ2n) is 12.9. The summed E-state index contributed by atoms with van der Waals surface area (Å²) in [6.45, 7) is 6.05. The van der Waals surface area contributed by atoms with E-state index >= 15 is 0 Å². The Bertz CT molecular complexity index is 1050. The first-order valence-corrected chi connectivity index (χ1v) is 14.0. The lowest BCUT2D eigenvalue weighted by atomic mass is 9.46. The standard InChI is InChI=1S/C31H42N2O2.ClH/c1-30-13-10-20(28-18-21(29(34)35)12-16-33(28)3)17-23(30)6-7-24-26-9-8-25(22-5-4-15-32-19-22)31(26,2)14-11-27(24)30;/h4-6,8,15,19-21,24,26-28H,7,9-14,16-18H2,1-3H3,(H,34,35);1H/t20-,21?,24-,26-,27-,28?,30-,31+;/m0./s1. The molecule has 0 amide bonds. The molecule has 2 saturated carbocycles. The molecule has 36 heavy (non-hydrogen) atoms. The summed E-state index contributed by atoms with van der Waals surface area (Å²) in [4.78, 5) is 18.6. The van der Waals surface area contributed by atoms with Crippen LogP contribution in [0.5, 0.6) is 0 Å². The van der Waals surface area contributed by atoms with E-state index in [0.717, 1.165) is 37.1 Å². The Labute approximate surface area is 223 Å². The van der Waals surface area contributed by atoms with Crippen LogP contribution in [0.15, 0.2) is 42.3 Å². The van der Waals surface area contributed by atoms with Crippen molar-refractivity contribution >= 4 is 23.9 Å². The van der Waals surface area contributed by atoms with E-state index in [-0.39, 0.29) is 23.7 Å². The fourth-order valence-electron chi connectivity index (χ4n) is 9.45. The number of halogens is 1. The number of piperidine rings is 1. The lowest BCUT2D eigenvalue weighted by Crippen LogP contribution is -2.52. The van der Waals surface area contributed by atoms with E-state index in [9.17, 15) is 9.90 Å². The van der Waals surface area contributed by atoms with Gasteiger partial charge in [0.2, 0.25) is 0 Å². The summed E-state index contributed by atoms with van der Waals surface area (Å²) in [5, 5.41) is 9.65. The van der Waals surface area contributed by atoms with Gasteiger partial charge in [-0.2, -0.15) is 0 Å². The number of nitrogens with zero attached hydrogens (tertiary/aromatic N) is 2. The Morgan fingerprint density at radius 2 is 1.89 bits per heavy atom. The van der Waals surface area contributed by atoms with Crippen LogP contribution in [-0.2, 0) is 4.79 Å². The molecule has 3 fully saturated rings. The molecule has 8 atom stereocenters. The number of aromatic nitrogens is 1. The molecule has 1 saturated heterocycles. The molecule has 196 valence electrons. The number of aliphatic carboxylic acids is 1. The largest absolute Gasteiger partial charge is 0.481 e. The lowest BCUT2D eigenvalue weighted by molar-refractivity contribution is -0.144. The number of rotatable bonds is 3. The highest BCUT2D eigenvalue weighted by molar-refractivity contribution is 5.85. The molecule has 1 aliphatic heterocycles. The van der Waals surface area contributed by atoms with Gasteiger partial charge in [0, 0.05) is 18.4 Å².